The number of amides is 1. The molecule has 0 unspecified atom stereocenters. The lowest BCUT2D eigenvalue weighted by molar-refractivity contribution is 0.0993. The number of rotatable bonds is 2. The molecule has 0 spiro atoms. The molecule has 1 aromatic rings. The molecule has 2 heterocycles. The van der Waals surface area contributed by atoms with Gasteiger partial charge in [-0.25, -0.2) is 4.68 Å². The largest absolute Gasteiger partial charge is 0.497 e. The van der Waals surface area contributed by atoms with E-state index in [0.29, 0.717) is 12.3 Å². The van der Waals surface area contributed by atoms with Crippen LogP contribution in [0, 0.1) is 0 Å². The van der Waals surface area contributed by atoms with Crippen molar-refractivity contribution < 1.29 is 9.53 Å². The van der Waals surface area contributed by atoms with Gasteiger partial charge in [-0.3, -0.25) is 4.79 Å². The minimum atomic E-state index is -0.497. The highest BCUT2D eigenvalue weighted by atomic mass is 16.5. The SMILES string of the molecule is NC(=O)c1ccnn1C1=CCOC=C1. The number of carbonyl (C=O) groups is 1. The van der Waals surface area contributed by atoms with Crippen molar-refractivity contribution >= 4 is 11.6 Å². The van der Waals surface area contributed by atoms with E-state index in [0.717, 1.165) is 5.70 Å². The second-order valence-electron chi connectivity index (χ2n) is 2.76. The smallest absolute Gasteiger partial charge is 0.267 e. The number of aromatic nitrogens is 2. The molecular weight excluding hydrogens is 182 g/mol. The molecule has 0 aromatic carbocycles. The summed E-state index contributed by atoms with van der Waals surface area (Å²) in [5.74, 6) is -0.497. The molecule has 1 aliphatic heterocycles. The Labute approximate surface area is 80.5 Å². The third-order valence-electron chi connectivity index (χ3n) is 1.86. The van der Waals surface area contributed by atoms with Crippen LogP contribution in [0.15, 0.2) is 30.7 Å². The number of hydrogen-bond acceptors (Lipinski definition) is 3. The maximum atomic E-state index is 11.0. The zero-order valence-electron chi connectivity index (χ0n) is 7.38. The van der Waals surface area contributed by atoms with Crippen molar-refractivity contribution in [3.63, 3.8) is 0 Å². The number of carbonyl (C=O) groups excluding carboxylic acids is 1. The summed E-state index contributed by atoms with van der Waals surface area (Å²) in [5.41, 5.74) is 6.33. The first kappa shape index (κ1) is 8.55. The Balaban J connectivity index is 2.41. The minimum Gasteiger partial charge on any atom is -0.497 e. The Morgan fingerprint density at radius 2 is 2.50 bits per heavy atom. The number of allylic oxidation sites excluding steroid dienone is 2. The summed E-state index contributed by atoms with van der Waals surface area (Å²) in [7, 11) is 0. The Morgan fingerprint density at radius 1 is 1.64 bits per heavy atom. The van der Waals surface area contributed by atoms with Crippen LogP contribution in [0.5, 0.6) is 0 Å². The van der Waals surface area contributed by atoms with Crippen molar-refractivity contribution in [1.82, 2.24) is 9.78 Å². The van der Waals surface area contributed by atoms with E-state index in [1.165, 1.54) is 10.9 Å². The summed E-state index contributed by atoms with van der Waals surface area (Å²) in [6.45, 7) is 0.476. The molecule has 0 saturated heterocycles. The first-order valence-corrected chi connectivity index (χ1v) is 4.11. The lowest BCUT2D eigenvalue weighted by Gasteiger charge is -2.09. The van der Waals surface area contributed by atoms with Crippen molar-refractivity contribution in [2.45, 2.75) is 0 Å². The van der Waals surface area contributed by atoms with E-state index in [1.807, 2.05) is 6.08 Å². The van der Waals surface area contributed by atoms with Gasteiger partial charge in [-0.15, -0.1) is 0 Å². The Kier molecular flexibility index (Phi) is 2.06. The number of hydrogen-bond donors (Lipinski definition) is 1. The molecule has 0 radical (unpaired) electrons. The van der Waals surface area contributed by atoms with E-state index in [1.54, 1.807) is 18.4 Å². The molecule has 2 rings (SSSR count). The van der Waals surface area contributed by atoms with E-state index >= 15 is 0 Å². The monoisotopic (exact) mass is 191 g/mol. The maximum absolute atomic E-state index is 11.0. The van der Waals surface area contributed by atoms with Crippen molar-refractivity contribution in [3.05, 3.63) is 36.4 Å². The standard InChI is InChI=1S/C9H9N3O2/c10-9(13)8-1-4-11-12(8)7-2-5-14-6-3-7/h1-5H,6H2,(H2,10,13). The molecule has 0 bridgehead atoms. The maximum Gasteiger partial charge on any atom is 0.267 e. The summed E-state index contributed by atoms with van der Waals surface area (Å²) in [5, 5.41) is 4.00. The van der Waals surface area contributed by atoms with Crippen molar-refractivity contribution in [3.8, 4) is 0 Å². The molecule has 14 heavy (non-hydrogen) atoms. The fourth-order valence-corrected chi connectivity index (χ4v) is 1.23. The van der Waals surface area contributed by atoms with Crippen LogP contribution in [0.4, 0.5) is 0 Å². The Morgan fingerprint density at radius 3 is 3.14 bits per heavy atom. The highest BCUT2D eigenvalue weighted by Crippen LogP contribution is 2.12. The van der Waals surface area contributed by atoms with E-state index < -0.39 is 5.91 Å². The second-order valence-corrected chi connectivity index (χ2v) is 2.76. The molecule has 72 valence electrons. The summed E-state index contributed by atoms with van der Waals surface area (Å²) in [4.78, 5) is 11.0. The van der Waals surface area contributed by atoms with Gasteiger partial charge in [0.15, 0.2) is 0 Å². The number of ether oxygens (including phenoxy) is 1. The fourth-order valence-electron chi connectivity index (χ4n) is 1.23. The van der Waals surface area contributed by atoms with E-state index in [9.17, 15) is 4.79 Å². The van der Waals surface area contributed by atoms with Crippen LogP contribution in [0.3, 0.4) is 0 Å². The summed E-state index contributed by atoms with van der Waals surface area (Å²) in [6.07, 6.45) is 6.63. The predicted molar refractivity (Wildman–Crippen MR) is 50.1 cm³/mol. The number of nitrogens with zero attached hydrogens (tertiary/aromatic N) is 2. The van der Waals surface area contributed by atoms with Gasteiger partial charge in [-0.05, 0) is 18.2 Å². The zero-order valence-corrected chi connectivity index (χ0v) is 7.38. The van der Waals surface area contributed by atoms with Gasteiger partial charge in [-0.2, -0.15) is 5.10 Å². The van der Waals surface area contributed by atoms with Gasteiger partial charge < -0.3 is 10.5 Å². The summed E-state index contributed by atoms with van der Waals surface area (Å²) < 4.78 is 6.47. The lowest BCUT2D eigenvalue weighted by atomic mass is 10.3. The van der Waals surface area contributed by atoms with Crippen LogP contribution in [0.1, 0.15) is 10.5 Å². The molecular formula is C9H9N3O2. The third kappa shape index (κ3) is 1.39. The van der Waals surface area contributed by atoms with Crippen LogP contribution in [-0.2, 0) is 4.74 Å². The van der Waals surface area contributed by atoms with Crippen LogP contribution in [-0.4, -0.2) is 22.3 Å². The van der Waals surface area contributed by atoms with Gasteiger partial charge in [0, 0.05) is 0 Å². The van der Waals surface area contributed by atoms with Gasteiger partial charge >= 0.3 is 0 Å². The van der Waals surface area contributed by atoms with Crippen LogP contribution in [0.2, 0.25) is 0 Å². The molecule has 1 aromatic heterocycles. The lowest BCUT2D eigenvalue weighted by Crippen LogP contribution is -2.17. The highest BCUT2D eigenvalue weighted by molar-refractivity contribution is 5.92. The highest BCUT2D eigenvalue weighted by Gasteiger charge is 2.11. The quantitative estimate of drug-likeness (QED) is 0.734. The summed E-state index contributed by atoms with van der Waals surface area (Å²) >= 11 is 0. The van der Waals surface area contributed by atoms with Gasteiger partial charge in [-0.1, -0.05) is 0 Å². The third-order valence-corrected chi connectivity index (χ3v) is 1.86. The Bertz CT molecular complexity index is 417. The minimum absolute atomic E-state index is 0.364. The fraction of sp³-hybridized carbons (Fsp3) is 0.111. The molecule has 1 amide bonds. The Hall–Kier alpha value is -2.04. The first-order valence-electron chi connectivity index (χ1n) is 4.11. The van der Waals surface area contributed by atoms with Crippen LogP contribution in [0.25, 0.3) is 5.70 Å². The summed E-state index contributed by atoms with van der Waals surface area (Å²) in [6, 6.07) is 1.58. The van der Waals surface area contributed by atoms with Crippen molar-refractivity contribution in [2.24, 2.45) is 5.73 Å². The molecule has 5 nitrogen and oxygen atoms in total. The first-order chi connectivity index (χ1) is 6.79. The number of primary amides is 1. The van der Waals surface area contributed by atoms with Gasteiger partial charge in [0.25, 0.3) is 5.91 Å². The van der Waals surface area contributed by atoms with Gasteiger partial charge in [0.05, 0.1) is 18.2 Å². The van der Waals surface area contributed by atoms with E-state index in [-0.39, 0.29) is 0 Å². The normalized spacial score (nSPS) is 14.7. The topological polar surface area (TPSA) is 70.1 Å². The molecule has 1 aliphatic rings. The number of nitrogens with two attached hydrogens (primary N) is 1. The molecule has 2 N–H and O–H groups in total. The average Bonchev–Trinajstić information content (AvgIpc) is 2.67. The van der Waals surface area contributed by atoms with E-state index in [2.05, 4.69) is 5.10 Å². The average molecular weight is 191 g/mol. The molecule has 5 heteroatoms. The predicted octanol–water partition coefficient (Wildman–Crippen LogP) is 0.367. The van der Waals surface area contributed by atoms with Gasteiger partial charge in [0.2, 0.25) is 0 Å². The van der Waals surface area contributed by atoms with E-state index in [4.69, 9.17) is 10.5 Å². The van der Waals surface area contributed by atoms with Gasteiger partial charge in [0.1, 0.15) is 12.3 Å². The van der Waals surface area contributed by atoms with Crippen molar-refractivity contribution in [2.75, 3.05) is 6.61 Å². The molecule has 0 fully saturated rings. The zero-order chi connectivity index (χ0) is 9.97. The molecule has 0 atom stereocenters. The van der Waals surface area contributed by atoms with Crippen LogP contribution < -0.4 is 5.73 Å². The molecule has 0 saturated carbocycles. The van der Waals surface area contributed by atoms with Crippen LogP contribution >= 0.6 is 0 Å². The van der Waals surface area contributed by atoms with Crippen molar-refractivity contribution in [1.29, 1.82) is 0 Å². The second kappa shape index (κ2) is 3.37. The molecule has 0 aliphatic carbocycles.